The van der Waals surface area contributed by atoms with Crippen LogP contribution in [0.15, 0.2) is 16.8 Å². The minimum atomic E-state index is -1.03. The molecule has 0 fully saturated rings. The molecule has 0 unspecified atom stereocenters. The number of carbonyl (C=O) groups is 1. The van der Waals surface area contributed by atoms with Crippen LogP contribution < -0.4 is 5.32 Å². The highest BCUT2D eigenvalue weighted by molar-refractivity contribution is 7.08. The fourth-order valence-electron chi connectivity index (χ4n) is 1.13. The van der Waals surface area contributed by atoms with Crippen LogP contribution in [0.5, 0.6) is 0 Å². The number of nitrogens with one attached hydrogen (secondary N) is 1. The van der Waals surface area contributed by atoms with Gasteiger partial charge in [0.05, 0.1) is 6.61 Å². The Labute approximate surface area is 92.9 Å². The van der Waals surface area contributed by atoms with Crippen molar-refractivity contribution in [3.05, 3.63) is 22.4 Å². The molecule has 4 nitrogen and oxygen atoms in total. The van der Waals surface area contributed by atoms with Crippen molar-refractivity contribution in [1.82, 2.24) is 5.32 Å². The lowest BCUT2D eigenvalue weighted by atomic mass is 10.1. The quantitative estimate of drug-likeness (QED) is 0.788. The normalized spacial score (nSPS) is 14.6. The Kier molecular flexibility index (Phi) is 4.26. The number of hydrogen-bond acceptors (Lipinski definition) is 4. The molecule has 15 heavy (non-hydrogen) atoms. The molecule has 0 radical (unpaired) electrons. The third-order valence-corrected chi connectivity index (χ3v) is 2.55. The largest absolute Gasteiger partial charge is 0.386 e. The SMILES string of the molecule is COC[C@](C)(O)CNC(=O)c1ccsc1. The second kappa shape index (κ2) is 5.25. The molecule has 0 aliphatic heterocycles. The van der Waals surface area contributed by atoms with Crippen molar-refractivity contribution in [1.29, 1.82) is 0 Å². The van der Waals surface area contributed by atoms with E-state index in [1.165, 1.54) is 18.4 Å². The summed E-state index contributed by atoms with van der Waals surface area (Å²) in [4.78, 5) is 11.5. The molecule has 0 saturated heterocycles. The first kappa shape index (κ1) is 12.2. The van der Waals surface area contributed by atoms with Crippen molar-refractivity contribution in [2.24, 2.45) is 0 Å². The van der Waals surface area contributed by atoms with Gasteiger partial charge in [0.15, 0.2) is 0 Å². The Balaban J connectivity index is 2.40. The summed E-state index contributed by atoms with van der Waals surface area (Å²) >= 11 is 1.46. The maximum absolute atomic E-state index is 11.5. The summed E-state index contributed by atoms with van der Waals surface area (Å²) in [5, 5.41) is 16.0. The molecule has 1 amide bonds. The van der Waals surface area contributed by atoms with E-state index in [-0.39, 0.29) is 19.1 Å². The maximum Gasteiger partial charge on any atom is 0.252 e. The second-order valence-corrected chi connectivity index (χ2v) is 4.40. The maximum atomic E-state index is 11.5. The molecule has 5 heteroatoms. The number of thiophene rings is 1. The monoisotopic (exact) mass is 229 g/mol. The van der Waals surface area contributed by atoms with E-state index in [0.29, 0.717) is 5.56 Å². The van der Waals surface area contributed by atoms with E-state index >= 15 is 0 Å². The number of ether oxygens (including phenoxy) is 1. The molecular weight excluding hydrogens is 214 g/mol. The van der Waals surface area contributed by atoms with Crippen LogP contribution in [0.1, 0.15) is 17.3 Å². The van der Waals surface area contributed by atoms with Gasteiger partial charge in [-0.3, -0.25) is 4.79 Å². The molecule has 0 aliphatic carbocycles. The zero-order chi connectivity index (χ0) is 11.3. The second-order valence-electron chi connectivity index (χ2n) is 3.62. The van der Waals surface area contributed by atoms with Crippen LogP contribution in [0.4, 0.5) is 0 Å². The van der Waals surface area contributed by atoms with Crippen molar-refractivity contribution in [3.63, 3.8) is 0 Å². The zero-order valence-electron chi connectivity index (χ0n) is 8.82. The van der Waals surface area contributed by atoms with Crippen LogP contribution in [0.25, 0.3) is 0 Å². The summed E-state index contributed by atoms with van der Waals surface area (Å²) in [5.74, 6) is -0.173. The first-order valence-corrected chi connectivity index (χ1v) is 5.51. The predicted octanol–water partition coefficient (Wildman–Crippen LogP) is 0.875. The van der Waals surface area contributed by atoms with E-state index in [0.717, 1.165) is 0 Å². The third-order valence-electron chi connectivity index (χ3n) is 1.87. The van der Waals surface area contributed by atoms with Gasteiger partial charge in [-0.25, -0.2) is 0 Å². The van der Waals surface area contributed by atoms with Gasteiger partial charge in [0.2, 0.25) is 0 Å². The highest BCUT2D eigenvalue weighted by Gasteiger charge is 2.21. The van der Waals surface area contributed by atoms with Crippen LogP contribution in [-0.4, -0.2) is 36.9 Å². The van der Waals surface area contributed by atoms with Gasteiger partial charge in [-0.15, -0.1) is 0 Å². The average molecular weight is 229 g/mol. The molecule has 2 N–H and O–H groups in total. The fraction of sp³-hybridized carbons (Fsp3) is 0.500. The number of aliphatic hydroxyl groups is 1. The Hall–Kier alpha value is -0.910. The minimum Gasteiger partial charge on any atom is -0.386 e. The zero-order valence-corrected chi connectivity index (χ0v) is 9.63. The Bertz CT molecular complexity index is 308. The Morgan fingerprint density at radius 1 is 1.73 bits per heavy atom. The molecule has 1 heterocycles. The van der Waals surface area contributed by atoms with Gasteiger partial charge < -0.3 is 15.2 Å². The summed E-state index contributed by atoms with van der Waals surface area (Å²) < 4.78 is 4.83. The number of methoxy groups -OCH3 is 1. The molecule has 1 atom stereocenters. The molecule has 1 aromatic heterocycles. The lowest BCUT2D eigenvalue weighted by Crippen LogP contribution is -2.43. The molecule has 1 aromatic rings. The van der Waals surface area contributed by atoms with Crippen LogP contribution >= 0.6 is 11.3 Å². The topological polar surface area (TPSA) is 58.6 Å². The summed E-state index contributed by atoms with van der Waals surface area (Å²) in [5.41, 5.74) is -0.409. The van der Waals surface area contributed by atoms with E-state index in [1.54, 1.807) is 18.4 Å². The first-order chi connectivity index (χ1) is 7.05. The van der Waals surface area contributed by atoms with Crippen molar-refractivity contribution >= 4 is 17.2 Å². The number of rotatable bonds is 5. The third kappa shape index (κ3) is 3.99. The molecule has 0 spiro atoms. The minimum absolute atomic E-state index is 0.173. The van der Waals surface area contributed by atoms with E-state index in [4.69, 9.17) is 4.74 Å². The van der Waals surface area contributed by atoms with Crippen LogP contribution in [-0.2, 0) is 4.74 Å². The van der Waals surface area contributed by atoms with E-state index in [2.05, 4.69) is 5.32 Å². The van der Waals surface area contributed by atoms with Crippen LogP contribution in [0.2, 0.25) is 0 Å². The van der Waals surface area contributed by atoms with Gasteiger partial charge in [0, 0.05) is 24.6 Å². The first-order valence-electron chi connectivity index (χ1n) is 4.57. The van der Waals surface area contributed by atoms with Gasteiger partial charge in [-0.1, -0.05) is 0 Å². The average Bonchev–Trinajstić information content (AvgIpc) is 2.67. The van der Waals surface area contributed by atoms with Crippen LogP contribution in [0, 0.1) is 0 Å². The number of amides is 1. The van der Waals surface area contributed by atoms with Crippen molar-refractivity contribution in [3.8, 4) is 0 Å². The molecule has 1 rings (SSSR count). The number of carbonyl (C=O) groups excluding carboxylic acids is 1. The van der Waals surface area contributed by atoms with E-state index in [9.17, 15) is 9.90 Å². The van der Waals surface area contributed by atoms with E-state index in [1.807, 2.05) is 5.38 Å². The molecule has 0 aromatic carbocycles. The Morgan fingerprint density at radius 3 is 3.00 bits per heavy atom. The van der Waals surface area contributed by atoms with Gasteiger partial charge in [-0.05, 0) is 18.4 Å². The summed E-state index contributed by atoms with van der Waals surface area (Å²) in [7, 11) is 1.51. The highest BCUT2D eigenvalue weighted by atomic mass is 32.1. The van der Waals surface area contributed by atoms with Gasteiger partial charge >= 0.3 is 0 Å². The van der Waals surface area contributed by atoms with Gasteiger partial charge in [-0.2, -0.15) is 11.3 Å². The Morgan fingerprint density at radius 2 is 2.47 bits per heavy atom. The van der Waals surface area contributed by atoms with Crippen molar-refractivity contribution in [2.45, 2.75) is 12.5 Å². The predicted molar refractivity (Wildman–Crippen MR) is 59.2 cm³/mol. The molecule has 84 valence electrons. The molecule has 0 bridgehead atoms. The van der Waals surface area contributed by atoms with Gasteiger partial charge in [0.25, 0.3) is 5.91 Å². The smallest absolute Gasteiger partial charge is 0.252 e. The molecular formula is C10H15NO3S. The lowest BCUT2D eigenvalue weighted by molar-refractivity contribution is -0.0147. The highest BCUT2D eigenvalue weighted by Crippen LogP contribution is 2.06. The molecule has 0 saturated carbocycles. The van der Waals surface area contributed by atoms with Crippen LogP contribution in [0.3, 0.4) is 0 Å². The summed E-state index contributed by atoms with van der Waals surface area (Å²) in [6, 6.07) is 1.74. The van der Waals surface area contributed by atoms with E-state index < -0.39 is 5.60 Å². The summed E-state index contributed by atoms with van der Waals surface area (Å²) in [6.45, 7) is 1.98. The molecule has 0 aliphatic rings. The van der Waals surface area contributed by atoms with Gasteiger partial charge in [0.1, 0.15) is 5.60 Å². The fourth-order valence-corrected chi connectivity index (χ4v) is 1.76. The van der Waals surface area contributed by atoms with Crippen molar-refractivity contribution in [2.75, 3.05) is 20.3 Å². The standard InChI is InChI=1S/C10H15NO3S/c1-10(13,7-14-2)6-11-9(12)8-3-4-15-5-8/h3-5,13H,6-7H2,1-2H3,(H,11,12)/t10-/m1/s1. The number of hydrogen-bond donors (Lipinski definition) is 2. The summed E-state index contributed by atoms with van der Waals surface area (Å²) in [6.07, 6.45) is 0. The van der Waals surface area contributed by atoms with Crippen molar-refractivity contribution < 1.29 is 14.6 Å². The lowest BCUT2D eigenvalue weighted by Gasteiger charge is -2.22.